The third-order valence-corrected chi connectivity index (χ3v) is 3.26. The van der Waals surface area contributed by atoms with Crippen molar-refractivity contribution in [1.29, 1.82) is 0 Å². The molecule has 1 saturated heterocycles. The van der Waals surface area contributed by atoms with E-state index in [0.717, 1.165) is 0 Å². The normalized spacial score (nSPS) is 28.5. The highest BCUT2D eigenvalue weighted by atomic mass is 35.5. The minimum atomic E-state index is -0.544. The van der Waals surface area contributed by atoms with Crippen LogP contribution < -0.4 is 11.2 Å². The molecule has 0 unspecified atom stereocenters. The number of halogens is 1. The molecule has 0 saturated carbocycles. The smallest absolute Gasteiger partial charge is 0.330 e. The van der Waals surface area contributed by atoms with Gasteiger partial charge in [0.25, 0.3) is 5.56 Å². The predicted molar refractivity (Wildman–Crippen MR) is 61.3 cm³/mol. The molecule has 3 atom stereocenters. The summed E-state index contributed by atoms with van der Waals surface area (Å²) in [5.74, 6) is 0. The number of nitrogens with one attached hydrogen (secondary N) is 1. The Morgan fingerprint density at radius 1 is 1.65 bits per heavy atom. The number of hydrogen-bond acceptors (Lipinski definition) is 4. The lowest BCUT2D eigenvalue weighted by Crippen LogP contribution is -2.33. The van der Waals surface area contributed by atoms with Crippen molar-refractivity contribution in [2.75, 3.05) is 6.61 Å². The molecular weight excluding hydrogens is 248 g/mol. The van der Waals surface area contributed by atoms with Crippen molar-refractivity contribution < 1.29 is 9.84 Å². The summed E-state index contributed by atoms with van der Waals surface area (Å²) < 4.78 is 6.74. The van der Waals surface area contributed by atoms with Crippen molar-refractivity contribution in [2.45, 2.75) is 31.1 Å². The van der Waals surface area contributed by atoms with E-state index in [1.807, 2.05) is 0 Å². The standard InChI is InChI=1S/C10H13ClN2O4/c1-5-3-13(10(16)12-9(5)15)8-2-6(11)7(4-14)17-8/h3,6-8,14H,2,4H2,1H3,(H,12,15,16)/t6-,7+,8+/m0/s1. The molecule has 6 nitrogen and oxygen atoms in total. The molecule has 1 aromatic heterocycles. The van der Waals surface area contributed by atoms with Gasteiger partial charge in [-0.25, -0.2) is 4.79 Å². The molecule has 0 aromatic carbocycles. The lowest BCUT2D eigenvalue weighted by molar-refractivity contribution is -0.0241. The number of nitrogens with zero attached hydrogens (tertiary/aromatic N) is 1. The van der Waals surface area contributed by atoms with Crippen LogP contribution in [0.1, 0.15) is 18.2 Å². The molecule has 0 radical (unpaired) electrons. The number of hydrogen-bond donors (Lipinski definition) is 2. The predicted octanol–water partition coefficient (Wildman–Crippen LogP) is -0.268. The van der Waals surface area contributed by atoms with Crippen LogP contribution in [-0.4, -0.2) is 32.7 Å². The first-order chi connectivity index (χ1) is 8.02. The Labute approximate surface area is 102 Å². The van der Waals surface area contributed by atoms with E-state index in [-0.39, 0.29) is 12.0 Å². The van der Waals surface area contributed by atoms with E-state index in [0.29, 0.717) is 12.0 Å². The Kier molecular flexibility index (Phi) is 3.37. The Morgan fingerprint density at radius 2 is 2.35 bits per heavy atom. The number of H-pyrrole nitrogens is 1. The maximum Gasteiger partial charge on any atom is 0.330 e. The van der Waals surface area contributed by atoms with Crippen LogP contribution in [0.5, 0.6) is 0 Å². The number of alkyl halides is 1. The van der Waals surface area contributed by atoms with Gasteiger partial charge in [0.05, 0.1) is 18.1 Å². The minimum absolute atomic E-state index is 0.193. The van der Waals surface area contributed by atoms with Crippen LogP contribution in [-0.2, 0) is 4.74 Å². The van der Waals surface area contributed by atoms with E-state index in [1.165, 1.54) is 10.8 Å². The summed E-state index contributed by atoms with van der Waals surface area (Å²) >= 11 is 5.97. The van der Waals surface area contributed by atoms with Crippen LogP contribution in [0.25, 0.3) is 0 Å². The van der Waals surface area contributed by atoms with Gasteiger partial charge in [-0.2, -0.15) is 0 Å². The second kappa shape index (κ2) is 4.64. The minimum Gasteiger partial charge on any atom is -0.394 e. The van der Waals surface area contributed by atoms with E-state index in [2.05, 4.69) is 4.98 Å². The summed E-state index contributed by atoms with van der Waals surface area (Å²) in [7, 11) is 0. The molecule has 0 aliphatic carbocycles. The van der Waals surface area contributed by atoms with Crippen LogP contribution in [0.3, 0.4) is 0 Å². The largest absolute Gasteiger partial charge is 0.394 e. The van der Waals surface area contributed by atoms with Crippen LogP contribution in [0, 0.1) is 6.92 Å². The number of aliphatic hydroxyl groups is 1. The topological polar surface area (TPSA) is 84.3 Å². The average Bonchev–Trinajstić information content (AvgIpc) is 2.65. The first kappa shape index (κ1) is 12.3. The monoisotopic (exact) mass is 260 g/mol. The number of aryl methyl sites for hydroxylation is 1. The molecule has 17 heavy (non-hydrogen) atoms. The summed E-state index contributed by atoms with van der Waals surface area (Å²) in [6.07, 6.45) is 0.825. The van der Waals surface area contributed by atoms with E-state index >= 15 is 0 Å². The highest BCUT2D eigenvalue weighted by molar-refractivity contribution is 6.21. The zero-order valence-electron chi connectivity index (χ0n) is 9.22. The van der Waals surface area contributed by atoms with Gasteiger partial charge in [-0.1, -0.05) is 0 Å². The van der Waals surface area contributed by atoms with Gasteiger partial charge in [-0.3, -0.25) is 14.3 Å². The lowest BCUT2D eigenvalue weighted by atomic mass is 10.2. The maximum atomic E-state index is 11.6. The van der Waals surface area contributed by atoms with Crippen molar-refractivity contribution in [3.05, 3.63) is 32.6 Å². The summed E-state index contributed by atoms with van der Waals surface area (Å²) in [6.45, 7) is 1.41. The Balaban J connectivity index is 2.34. The molecule has 0 bridgehead atoms. The molecule has 0 amide bonds. The molecule has 1 aromatic rings. The quantitative estimate of drug-likeness (QED) is 0.717. The van der Waals surface area contributed by atoms with Crippen LogP contribution in [0.15, 0.2) is 15.8 Å². The number of aromatic amines is 1. The Bertz CT molecular complexity index is 524. The second-order valence-corrected chi connectivity index (χ2v) is 4.60. The van der Waals surface area contributed by atoms with E-state index in [1.54, 1.807) is 6.92 Å². The fourth-order valence-corrected chi connectivity index (χ4v) is 2.12. The Hall–Kier alpha value is -1.11. The lowest BCUT2D eigenvalue weighted by Gasteiger charge is -2.14. The van der Waals surface area contributed by atoms with Crippen molar-refractivity contribution in [2.24, 2.45) is 0 Å². The maximum absolute atomic E-state index is 11.6. The molecule has 2 rings (SSSR count). The average molecular weight is 261 g/mol. The molecule has 1 aliphatic rings. The van der Waals surface area contributed by atoms with Crippen molar-refractivity contribution in [1.82, 2.24) is 9.55 Å². The molecule has 2 heterocycles. The summed E-state index contributed by atoms with van der Waals surface area (Å²) in [4.78, 5) is 25.0. The highest BCUT2D eigenvalue weighted by Gasteiger charge is 2.34. The molecule has 1 aliphatic heterocycles. The number of aromatic nitrogens is 2. The summed E-state index contributed by atoms with van der Waals surface area (Å²) in [5, 5.41) is 8.67. The zero-order valence-corrected chi connectivity index (χ0v) is 9.98. The van der Waals surface area contributed by atoms with Crippen molar-refractivity contribution in [3.63, 3.8) is 0 Å². The van der Waals surface area contributed by atoms with Crippen molar-refractivity contribution in [3.8, 4) is 0 Å². The van der Waals surface area contributed by atoms with Gasteiger partial charge in [0.1, 0.15) is 6.23 Å². The van der Waals surface area contributed by atoms with Crippen molar-refractivity contribution >= 4 is 11.6 Å². The van der Waals surface area contributed by atoms with Gasteiger partial charge in [0.2, 0.25) is 0 Å². The van der Waals surface area contributed by atoms with Crippen LogP contribution in [0.2, 0.25) is 0 Å². The number of rotatable bonds is 2. The summed E-state index contributed by atoms with van der Waals surface area (Å²) in [6, 6.07) is 0. The van der Waals surface area contributed by atoms with Crippen LogP contribution >= 0.6 is 11.6 Å². The fraction of sp³-hybridized carbons (Fsp3) is 0.600. The molecule has 7 heteroatoms. The molecule has 2 N–H and O–H groups in total. The molecule has 0 spiro atoms. The molecular formula is C10H13ClN2O4. The second-order valence-electron chi connectivity index (χ2n) is 4.04. The zero-order chi connectivity index (χ0) is 12.6. The first-order valence-electron chi connectivity index (χ1n) is 5.25. The first-order valence-corrected chi connectivity index (χ1v) is 5.69. The third-order valence-electron chi connectivity index (χ3n) is 2.80. The van der Waals surface area contributed by atoms with Gasteiger partial charge in [0.15, 0.2) is 0 Å². The summed E-state index contributed by atoms with van der Waals surface area (Å²) in [5.41, 5.74) is -0.523. The van der Waals surface area contributed by atoms with Gasteiger partial charge < -0.3 is 9.84 Å². The van der Waals surface area contributed by atoms with E-state index < -0.39 is 23.6 Å². The van der Waals surface area contributed by atoms with E-state index in [9.17, 15) is 9.59 Å². The van der Waals surface area contributed by atoms with Gasteiger partial charge >= 0.3 is 5.69 Å². The van der Waals surface area contributed by atoms with Gasteiger partial charge in [-0.05, 0) is 6.92 Å². The molecule has 1 fully saturated rings. The number of aliphatic hydroxyl groups excluding tert-OH is 1. The van der Waals surface area contributed by atoms with Crippen LogP contribution in [0.4, 0.5) is 0 Å². The van der Waals surface area contributed by atoms with Gasteiger partial charge in [-0.15, -0.1) is 11.6 Å². The number of ether oxygens (including phenoxy) is 1. The third kappa shape index (κ3) is 2.29. The van der Waals surface area contributed by atoms with Gasteiger partial charge in [0, 0.05) is 18.2 Å². The molecule has 94 valence electrons. The SMILES string of the molecule is Cc1cn([C@H]2C[C@H](Cl)[C@@H](CO)O2)c(=O)[nH]c1=O. The highest BCUT2D eigenvalue weighted by Crippen LogP contribution is 2.30. The fourth-order valence-electron chi connectivity index (χ4n) is 1.82. The Morgan fingerprint density at radius 3 is 2.94 bits per heavy atom. The van der Waals surface area contributed by atoms with E-state index in [4.69, 9.17) is 21.4 Å².